The van der Waals surface area contributed by atoms with E-state index < -0.39 is 10.0 Å². The summed E-state index contributed by atoms with van der Waals surface area (Å²) in [6.07, 6.45) is 2.78. The summed E-state index contributed by atoms with van der Waals surface area (Å²) in [4.78, 5) is 11.6. The van der Waals surface area contributed by atoms with Crippen LogP contribution >= 0.6 is 0 Å². The molecule has 1 aliphatic heterocycles. The smallest absolute Gasteiger partial charge is 0.243 e. The molecule has 0 saturated carbocycles. The summed E-state index contributed by atoms with van der Waals surface area (Å²) in [7, 11) is -3.59. The van der Waals surface area contributed by atoms with E-state index in [-0.39, 0.29) is 10.8 Å². The summed E-state index contributed by atoms with van der Waals surface area (Å²) in [6, 6.07) is 13.4. The van der Waals surface area contributed by atoms with Gasteiger partial charge in [0.25, 0.3) is 0 Å². The average Bonchev–Trinajstić information content (AvgIpc) is 2.65. The van der Waals surface area contributed by atoms with Gasteiger partial charge in [-0.2, -0.15) is 4.31 Å². The lowest BCUT2D eigenvalue weighted by atomic mass is 9.92. The number of aryl methyl sites for hydroxylation is 2. The third-order valence-electron chi connectivity index (χ3n) is 5.28. The molecule has 2 aromatic rings. The van der Waals surface area contributed by atoms with E-state index in [4.69, 9.17) is 0 Å². The predicted octanol–water partition coefficient (Wildman–Crippen LogP) is 3.91. The van der Waals surface area contributed by atoms with Gasteiger partial charge in [0, 0.05) is 25.7 Å². The molecule has 0 aromatic heterocycles. The van der Waals surface area contributed by atoms with Crippen LogP contribution in [-0.4, -0.2) is 31.7 Å². The maximum absolute atomic E-state index is 13.2. The molecule has 0 radical (unpaired) electrons. The molecule has 150 valence electrons. The predicted molar refractivity (Wildman–Crippen MR) is 112 cm³/mol. The van der Waals surface area contributed by atoms with E-state index in [2.05, 4.69) is 36.5 Å². The van der Waals surface area contributed by atoms with Crippen molar-refractivity contribution in [1.82, 2.24) is 4.31 Å². The summed E-state index contributed by atoms with van der Waals surface area (Å²) in [5.41, 5.74) is 3.86. The lowest BCUT2D eigenvalue weighted by molar-refractivity contribution is -0.114. The zero-order chi connectivity index (χ0) is 20.3. The highest BCUT2D eigenvalue weighted by Crippen LogP contribution is 2.28. The Morgan fingerprint density at radius 1 is 1.14 bits per heavy atom. The van der Waals surface area contributed by atoms with Crippen molar-refractivity contribution in [2.24, 2.45) is 5.92 Å². The molecule has 1 amide bonds. The first-order valence-electron chi connectivity index (χ1n) is 9.69. The second-order valence-electron chi connectivity index (χ2n) is 7.72. The van der Waals surface area contributed by atoms with Gasteiger partial charge in [0.1, 0.15) is 0 Å². The van der Waals surface area contributed by atoms with Crippen LogP contribution in [0.1, 0.15) is 36.5 Å². The molecule has 1 unspecified atom stereocenters. The fraction of sp³-hybridized carbons (Fsp3) is 0.409. The number of anilines is 1. The molecule has 0 aliphatic carbocycles. The van der Waals surface area contributed by atoms with Crippen LogP contribution in [-0.2, 0) is 21.2 Å². The number of rotatable bonds is 5. The topological polar surface area (TPSA) is 66.5 Å². The van der Waals surface area contributed by atoms with Gasteiger partial charge >= 0.3 is 0 Å². The molecular formula is C22H28N2O3S. The van der Waals surface area contributed by atoms with Crippen LogP contribution in [0.5, 0.6) is 0 Å². The Kier molecular flexibility index (Phi) is 6.20. The Labute approximate surface area is 167 Å². The number of hydrogen-bond donors (Lipinski definition) is 1. The van der Waals surface area contributed by atoms with Gasteiger partial charge in [-0.25, -0.2) is 8.42 Å². The van der Waals surface area contributed by atoms with E-state index in [1.165, 1.54) is 18.1 Å². The SMILES string of the molecule is CC(=O)Nc1cc(S(=O)(=O)N2CCCC(Cc3ccc(C)cc3)C2)ccc1C. The van der Waals surface area contributed by atoms with Crippen molar-refractivity contribution < 1.29 is 13.2 Å². The second-order valence-corrected chi connectivity index (χ2v) is 9.66. The lowest BCUT2D eigenvalue weighted by Crippen LogP contribution is -2.40. The second kappa shape index (κ2) is 8.45. The van der Waals surface area contributed by atoms with E-state index in [1.54, 1.807) is 22.5 Å². The minimum Gasteiger partial charge on any atom is -0.326 e. The van der Waals surface area contributed by atoms with Crippen LogP contribution in [0.25, 0.3) is 0 Å². The maximum Gasteiger partial charge on any atom is 0.243 e. The number of carbonyl (C=O) groups excluding carboxylic acids is 1. The number of nitrogens with zero attached hydrogens (tertiary/aromatic N) is 1. The highest BCUT2D eigenvalue weighted by molar-refractivity contribution is 7.89. The lowest BCUT2D eigenvalue weighted by Gasteiger charge is -2.32. The van der Waals surface area contributed by atoms with Crippen molar-refractivity contribution in [3.63, 3.8) is 0 Å². The first kappa shape index (κ1) is 20.6. The molecule has 1 aliphatic rings. The molecular weight excluding hydrogens is 372 g/mol. The van der Waals surface area contributed by atoms with E-state index in [1.807, 2.05) is 6.92 Å². The monoisotopic (exact) mass is 400 g/mol. The normalized spacial score (nSPS) is 18.0. The standard InChI is InChI=1S/C22H28N2O3S/c1-16-6-9-19(10-7-16)13-20-5-4-12-24(15-20)28(26,27)21-11-8-17(2)22(14-21)23-18(3)25/h6-11,14,20H,4-5,12-13,15H2,1-3H3,(H,23,25). The average molecular weight is 401 g/mol. The van der Waals surface area contributed by atoms with Crippen LogP contribution in [0, 0.1) is 19.8 Å². The van der Waals surface area contributed by atoms with Gasteiger partial charge in [-0.05, 0) is 62.3 Å². The van der Waals surface area contributed by atoms with Gasteiger partial charge in [-0.1, -0.05) is 35.9 Å². The molecule has 0 spiro atoms. The van der Waals surface area contributed by atoms with Gasteiger partial charge in [0.15, 0.2) is 0 Å². The van der Waals surface area contributed by atoms with Crippen molar-refractivity contribution in [3.8, 4) is 0 Å². The van der Waals surface area contributed by atoms with Crippen molar-refractivity contribution >= 4 is 21.6 Å². The molecule has 1 atom stereocenters. The number of nitrogens with one attached hydrogen (secondary N) is 1. The molecule has 5 nitrogen and oxygen atoms in total. The molecule has 2 aromatic carbocycles. The third-order valence-corrected chi connectivity index (χ3v) is 7.15. The van der Waals surface area contributed by atoms with Crippen molar-refractivity contribution in [1.29, 1.82) is 0 Å². The molecule has 1 fully saturated rings. The Morgan fingerprint density at radius 3 is 2.54 bits per heavy atom. The fourth-order valence-electron chi connectivity index (χ4n) is 3.70. The Morgan fingerprint density at radius 2 is 1.86 bits per heavy atom. The van der Waals surface area contributed by atoms with Crippen molar-refractivity contribution in [2.45, 2.75) is 44.9 Å². The number of sulfonamides is 1. The zero-order valence-corrected chi connectivity index (χ0v) is 17.6. The zero-order valence-electron chi connectivity index (χ0n) is 16.7. The van der Waals surface area contributed by atoms with Crippen LogP contribution in [0.3, 0.4) is 0 Å². The van der Waals surface area contributed by atoms with Gasteiger partial charge in [-0.3, -0.25) is 4.79 Å². The van der Waals surface area contributed by atoms with Crippen molar-refractivity contribution in [2.75, 3.05) is 18.4 Å². The van der Waals surface area contributed by atoms with Crippen molar-refractivity contribution in [3.05, 3.63) is 59.2 Å². The van der Waals surface area contributed by atoms with Crippen LogP contribution in [0.4, 0.5) is 5.69 Å². The summed E-state index contributed by atoms with van der Waals surface area (Å²) >= 11 is 0. The van der Waals surface area contributed by atoms with Gasteiger partial charge in [0.2, 0.25) is 15.9 Å². The number of amides is 1. The van der Waals surface area contributed by atoms with Gasteiger partial charge in [0.05, 0.1) is 4.90 Å². The minimum absolute atomic E-state index is 0.214. The summed E-state index contributed by atoms with van der Waals surface area (Å²) in [6.45, 7) is 6.40. The Hall–Kier alpha value is -2.18. The molecule has 0 bridgehead atoms. The number of carbonyl (C=O) groups is 1. The summed E-state index contributed by atoms with van der Waals surface area (Å²) in [5, 5.41) is 2.71. The first-order valence-corrected chi connectivity index (χ1v) is 11.1. The third kappa shape index (κ3) is 4.80. The molecule has 1 N–H and O–H groups in total. The number of piperidine rings is 1. The Bertz CT molecular complexity index is 952. The molecule has 3 rings (SSSR count). The number of benzene rings is 2. The van der Waals surface area contributed by atoms with E-state index in [0.29, 0.717) is 24.7 Å². The van der Waals surface area contributed by atoms with E-state index in [9.17, 15) is 13.2 Å². The molecule has 28 heavy (non-hydrogen) atoms. The summed E-state index contributed by atoms with van der Waals surface area (Å²) in [5.74, 6) is 0.0975. The van der Waals surface area contributed by atoms with Crippen LogP contribution in [0.2, 0.25) is 0 Å². The van der Waals surface area contributed by atoms with E-state index in [0.717, 1.165) is 24.8 Å². The highest BCUT2D eigenvalue weighted by atomic mass is 32.2. The van der Waals surface area contributed by atoms with Crippen LogP contribution in [0.15, 0.2) is 47.4 Å². The maximum atomic E-state index is 13.2. The highest BCUT2D eigenvalue weighted by Gasteiger charge is 2.30. The van der Waals surface area contributed by atoms with E-state index >= 15 is 0 Å². The minimum atomic E-state index is -3.59. The Balaban J connectivity index is 1.77. The van der Waals surface area contributed by atoms with Gasteiger partial charge in [-0.15, -0.1) is 0 Å². The largest absolute Gasteiger partial charge is 0.326 e. The summed E-state index contributed by atoms with van der Waals surface area (Å²) < 4.78 is 28.0. The fourth-order valence-corrected chi connectivity index (χ4v) is 5.29. The quantitative estimate of drug-likeness (QED) is 0.828. The van der Waals surface area contributed by atoms with Crippen LogP contribution < -0.4 is 5.32 Å². The van der Waals surface area contributed by atoms with Gasteiger partial charge < -0.3 is 5.32 Å². The number of hydrogen-bond acceptors (Lipinski definition) is 3. The molecule has 6 heteroatoms. The molecule has 1 heterocycles. The molecule has 1 saturated heterocycles. The first-order chi connectivity index (χ1) is 13.3.